The summed E-state index contributed by atoms with van der Waals surface area (Å²) in [4.78, 5) is 0. The van der Waals surface area contributed by atoms with Gasteiger partial charge in [0.2, 0.25) is 0 Å². The molecule has 0 rings (SSSR count). The maximum atomic E-state index is 11.6. The van der Waals surface area contributed by atoms with Crippen molar-refractivity contribution in [1.82, 2.24) is 5.32 Å². The monoisotopic (exact) mass is 151 g/mol. The summed E-state index contributed by atoms with van der Waals surface area (Å²) >= 11 is 0. The lowest BCUT2D eigenvalue weighted by Crippen LogP contribution is -2.30. The fourth-order valence-electron chi connectivity index (χ4n) is 0.497. The molecular weight excluding hydrogens is 137 g/mol. The number of rotatable bonds is 6. The molecule has 0 aromatic rings. The Kier molecular flexibility index (Phi) is 6.79. The standard InChI is InChI=1S/C6H14FNO2/c1-10-3-2-8-5-6(9)4-7/h6,8-9H,2-5H2,1H3. The highest BCUT2D eigenvalue weighted by Crippen LogP contribution is 1.79. The first-order valence-corrected chi connectivity index (χ1v) is 3.25. The lowest BCUT2D eigenvalue weighted by atomic mass is 10.4. The molecule has 0 fully saturated rings. The van der Waals surface area contributed by atoms with Crippen molar-refractivity contribution >= 4 is 0 Å². The van der Waals surface area contributed by atoms with Gasteiger partial charge in [0.15, 0.2) is 0 Å². The van der Waals surface area contributed by atoms with E-state index in [9.17, 15) is 4.39 Å². The Labute approximate surface area is 60.2 Å². The van der Waals surface area contributed by atoms with Gasteiger partial charge in [0.05, 0.1) is 12.7 Å². The molecule has 62 valence electrons. The molecule has 10 heavy (non-hydrogen) atoms. The topological polar surface area (TPSA) is 41.5 Å². The van der Waals surface area contributed by atoms with Gasteiger partial charge in [0.25, 0.3) is 0 Å². The minimum absolute atomic E-state index is 0.292. The van der Waals surface area contributed by atoms with Crippen LogP contribution in [0.4, 0.5) is 4.39 Å². The fourth-order valence-corrected chi connectivity index (χ4v) is 0.497. The van der Waals surface area contributed by atoms with Gasteiger partial charge in [-0.05, 0) is 0 Å². The molecule has 0 aromatic carbocycles. The molecule has 0 aliphatic rings. The van der Waals surface area contributed by atoms with Crippen molar-refractivity contribution in [2.75, 3.05) is 33.5 Å². The Hall–Kier alpha value is -0.190. The summed E-state index contributed by atoms with van der Waals surface area (Å²) in [6, 6.07) is 0. The van der Waals surface area contributed by atoms with Crippen molar-refractivity contribution in [2.45, 2.75) is 6.10 Å². The third-order valence-corrected chi connectivity index (χ3v) is 1.04. The minimum Gasteiger partial charge on any atom is -0.389 e. The van der Waals surface area contributed by atoms with Gasteiger partial charge in [0.1, 0.15) is 6.67 Å². The molecule has 0 bridgehead atoms. The average Bonchev–Trinajstić information content (AvgIpc) is 1.98. The van der Waals surface area contributed by atoms with Crippen molar-refractivity contribution in [3.8, 4) is 0 Å². The van der Waals surface area contributed by atoms with E-state index in [-0.39, 0.29) is 0 Å². The van der Waals surface area contributed by atoms with Gasteiger partial charge in [-0.25, -0.2) is 4.39 Å². The molecule has 0 aliphatic carbocycles. The first-order chi connectivity index (χ1) is 4.81. The number of methoxy groups -OCH3 is 1. The van der Waals surface area contributed by atoms with Gasteiger partial charge >= 0.3 is 0 Å². The molecule has 0 saturated heterocycles. The minimum atomic E-state index is -0.878. The van der Waals surface area contributed by atoms with E-state index in [1.807, 2.05) is 0 Å². The summed E-state index contributed by atoms with van der Waals surface area (Å²) in [6.07, 6.45) is -0.878. The highest BCUT2D eigenvalue weighted by molar-refractivity contribution is 4.56. The van der Waals surface area contributed by atoms with Gasteiger partial charge in [0, 0.05) is 20.2 Å². The maximum Gasteiger partial charge on any atom is 0.117 e. The molecule has 0 amide bonds. The van der Waals surface area contributed by atoms with E-state index in [2.05, 4.69) is 5.32 Å². The third kappa shape index (κ3) is 5.94. The predicted molar refractivity (Wildman–Crippen MR) is 36.7 cm³/mol. The predicted octanol–water partition coefficient (Wildman–Crippen LogP) is -0.447. The molecule has 0 spiro atoms. The first-order valence-electron chi connectivity index (χ1n) is 3.25. The molecule has 3 nitrogen and oxygen atoms in total. The zero-order valence-corrected chi connectivity index (χ0v) is 6.14. The molecular formula is C6H14FNO2. The van der Waals surface area contributed by atoms with Crippen LogP contribution in [0.3, 0.4) is 0 Å². The zero-order valence-electron chi connectivity index (χ0n) is 6.14. The number of hydrogen-bond donors (Lipinski definition) is 2. The van der Waals surface area contributed by atoms with Crippen LogP contribution in [0.1, 0.15) is 0 Å². The van der Waals surface area contributed by atoms with Crippen LogP contribution in [0.15, 0.2) is 0 Å². The van der Waals surface area contributed by atoms with E-state index >= 15 is 0 Å². The molecule has 0 aliphatic heterocycles. The summed E-state index contributed by atoms with van der Waals surface area (Å²) < 4.78 is 16.3. The Bertz CT molecular complexity index is 72.8. The second-order valence-electron chi connectivity index (χ2n) is 2.01. The van der Waals surface area contributed by atoms with Crippen LogP contribution in [0.5, 0.6) is 0 Å². The smallest absolute Gasteiger partial charge is 0.117 e. The van der Waals surface area contributed by atoms with Crippen molar-refractivity contribution in [2.24, 2.45) is 0 Å². The summed E-state index contributed by atoms with van der Waals surface area (Å²) in [7, 11) is 1.59. The number of nitrogens with one attached hydrogen (secondary N) is 1. The molecule has 2 N–H and O–H groups in total. The van der Waals surface area contributed by atoms with Crippen molar-refractivity contribution in [1.29, 1.82) is 0 Å². The molecule has 0 saturated carbocycles. The average molecular weight is 151 g/mol. The summed E-state index contributed by atoms with van der Waals surface area (Å²) in [6.45, 7) is 0.826. The molecule has 0 aromatic heterocycles. The molecule has 1 unspecified atom stereocenters. The maximum absolute atomic E-state index is 11.6. The molecule has 4 heteroatoms. The normalized spacial score (nSPS) is 13.5. The van der Waals surface area contributed by atoms with Crippen LogP contribution in [0.25, 0.3) is 0 Å². The van der Waals surface area contributed by atoms with E-state index in [1.54, 1.807) is 7.11 Å². The van der Waals surface area contributed by atoms with Crippen LogP contribution in [0.2, 0.25) is 0 Å². The van der Waals surface area contributed by atoms with E-state index in [0.717, 1.165) is 0 Å². The number of halogens is 1. The SMILES string of the molecule is COCCNCC(O)CF. The van der Waals surface area contributed by atoms with Crippen molar-refractivity contribution < 1.29 is 14.2 Å². The molecule has 1 atom stereocenters. The van der Waals surface area contributed by atoms with Crippen molar-refractivity contribution in [3.63, 3.8) is 0 Å². The van der Waals surface area contributed by atoms with Gasteiger partial charge in [-0.2, -0.15) is 0 Å². The van der Waals surface area contributed by atoms with Crippen LogP contribution < -0.4 is 5.32 Å². The Morgan fingerprint density at radius 3 is 2.90 bits per heavy atom. The van der Waals surface area contributed by atoms with E-state index in [4.69, 9.17) is 9.84 Å². The second kappa shape index (κ2) is 6.92. The number of hydrogen-bond acceptors (Lipinski definition) is 3. The lowest BCUT2D eigenvalue weighted by molar-refractivity contribution is 0.132. The van der Waals surface area contributed by atoms with Gasteiger partial charge in [-0.1, -0.05) is 0 Å². The van der Waals surface area contributed by atoms with Gasteiger partial charge in [-0.3, -0.25) is 0 Å². The fraction of sp³-hybridized carbons (Fsp3) is 1.00. The number of alkyl halides is 1. The molecule has 0 radical (unpaired) electrons. The lowest BCUT2D eigenvalue weighted by Gasteiger charge is -2.06. The highest BCUT2D eigenvalue weighted by Gasteiger charge is 1.99. The highest BCUT2D eigenvalue weighted by atomic mass is 19.1. The van der Waals surface area contributed by atoms with Crippen LogP contribution in [0, 0.1) is 0 Å². The molecule has 0 heterocycles. The van der Waals surface area contributed by atoms with E-state index in [0.29, 0.717) is 19.7 Å². The second-order valence-corrected chi connectivity index (χ2v) is 2.01. The van der Waals surface area contributed by atoms with Gasteiger partial charge in [-0.15, -0.1) is 0 Å². The Balaban J connectivity index is 2.89. The van der Waals surface area contributed by atoms with E-state index < -0.39 is 12.8 Å². The Morgan fingerprint density at radius 1 is 1.70 bits per heavy atom. The van der Waals surface area contributed by atoms with Gasteiger partial charge < -0.3 is 15.2 Å². The van der Waals surface area contributed by atoms with Crippen LogP contribution >= 0.6 is 0 Å². The summed E-state index contributed by atoms with van der Waals surface area (Å²) in [5, 5.41) is 11.5. The van der Waals surface area contributed by atoms with Crippen LogP contribution in [-0.4, -0.2) is 44.7 Å². The third-order valence-electron chi connectivity index (χ3n) is 1.04. The first kappa shape index (κ1) is 9.81. The van der Waals surface area contributed by atoms with Crippen LogP contribution in [-0.2, 0) is 4.74 Å². The summed E-state index contributed by atoms with van der Waals surface area (Å²) in [5.41, 5.74) is 0. The Morgan fingerprint density at radius 2 is 2.40 bits per heavy atom. The van der Waals surface area contributed by atoms with Crippen molar-refractivity contribution in [3.05, 3.63) is 0 Å². The zero-order chi connectivity index (χ0) is 7.82. The number of ether oxygens (including phenoxy) is 1. The summed E-state index contributed by atoms with van der Waals surface area (Å²) in [5.74, 6) is 0. The number of aliphatic hydroxyl groups is 1. The number of aliphatic hydroxyl groups excluding tert-OH is 1. The largest absolute Gasteiger partial charge is 0.389 e. The van der Waals surface area contributed by atoms with E-state index in [1.165, 1.54) is 0 Å². The quantitative estimate of drug-likeness (QED) is 0.505.